The maximum Gasteiger partial charge on any atom is 0.133 e. The van der Waals surface area contributed by atoms with Crippen molar-refractivity contribution in [2.75, 3.05) is 6.61 Å². The van der Waals surface area contributed by atoms with Crippen molar-refractivity contribution in [2.45, 2.75) is 39.4 Å². The lowest BCUT2D eigenvalue weighted by Gasteiger charge is -2.11. The molecular weight excluding hydrogens is 280 g/mol. The molecule has 1 aromatic carbocycles. The third-order valence-electron chi connectivity index (χ3n) is 3.17. The van der Waals surface area contributed by atoms with Crippen molar-refractivity contribution in [1.82, 2.24) is 0 Å². The van der Waals surface area contributed by atoms with E-state index in [1.165, 1.54) is 5.56 Å². The summed E-state index contributed by atoms with van der Waals surface area (Å²) in [6, 6.07) is 6.32. The zero-order chi connectivity index (χ0) is 12.4. The van der Waals surface area contributed by atoms with E-state index in [1.807, 2.05) is 13.0 Å². The molecule has 1 aromatic rings. The van der Waals surface area contributed by atoms with Crippen LogP contribution in [0.5, 0.6) is 5.75 Å². The van der Waals surface area contributed by atoms with Gasteiger partial charge in [0, 0.05) is 0 Å². The third kappa shape index (κ3) is 3.23. The van der Waals surface area contributed by atoms with E-state index in [2.05, 4.69) is 41.9 Å². The number of ether oxygens (including phenoxy) is 2. The first-order valence-electron chi connectivity index (χ1n) is 6.18. The van der Waals surface area contributed by atoms with Gasteiger partial charge in [-0.25, -0.2) is 0 Å². The van der Waals surface area contributed by atoms with Crippen LogP contribution >= 0.6 is 15.9 Å². The van der Waals surface area contributed by atoms with Crippen LogP contribution in [0.2, 0.25) is 0 Å². The quantitative estimate of drug-likeness (QED) is 0.771. The topological polar surface area (TPSA) is 21.8 Å². The van der Waals surface area contributed by atoms with E-state index in [0.717, 1.165) is 16.6 Å². The molecule has 0 saturated carbocycles. The third-order valence-corrected chi connectivity index (χ3v) is 3.79. The summed E-state index contributed by atoms with van der Waals surface area (Å²) in [5.74, 6) is 1.50. The highest BCUT2D eigenvalue weighted by atomic mass is 79.9. The summed E-state index contributed by atoms with van der Waals surface area (Å²) in [7, 11) is 0. The lowest BCUT2D eigenvalue weighted by Crippen LogP contribution is -2.09. The number of epoxide rings is 1. The molecule has 94 valence electrons. The lowest BCUT2D eigenvalue weighted by atomic mass is 9.97. The Morgan fingerprint density at radius 3 is 2.71 bits per heavy atom. The van der Waals surface area contributed by atoms with Crippen molar-refractivity contribution in [1.29, 1.82) is 0 Å². The van der Waals surface area contributed by atoms with Gasteiger partial charge >= 0.3 is 0 Å². The summed E-state index contributed by atoms with van der Waals surface area (Å²) in [6.45, 7) is 7.07. The van der Waals surface area contributed by atoms with Crippen LogP contribution in [-0.4, -0.2) is 18.8 Å². The van der Waals surface area contributed by atoms with Gasteiger partial charge in [0.2, 0.25) is 0 Å². The summed E-state index contributed by atoms with van der Waals surface area (Å²) >= 11 is 3.55. The van der Waals surface area contributed by atoms with Gasteiger partial charge in [0.05, 0.1) is 23.3 Å². The second-order valence-corrected chi connectivity index (χ2v) is 5.54. The minimum atomic E-state index is 0.441. The van der Waals surface area contributed by atoms with Gasteiger partial charge in [-0.2, -0.15) is 0 Å². The van der Waals surface area contributed by atoms with Gasteiger partial charge in [0.25, 0.3) is 0 Å². The standard InChI is InChI=1S/C14H19BrO2/c1-4-16-13-6-5-11(8-12(13)15)7-9(2)14-10(3)17-14/h5-6,8-10,14H,4,7H2,1-3H3. The molecule has 17 heavy (non-hydrogen) atoms. The number of halogens is 1. The summed E-state index contributed by atoms with van der Waals surface area (Å²) in [5.41, 5.74) is 1.33. The van der Waals surface area contributed by atoms with Gasteiger partial charge in [-0.3, -0.25) is 0 Å². The number of hydrogen-bond acceptors (Lipinski definition) is 2. The highest BCUT2D eigenvalue weighted by Crippen LogP contribution is 2.32. The van der Waals surface area contributed by atoms with Crippen molar-refractivity contribution < 1.29 is 9.47 Å². The van der Waals surface area contributed by atoms with Gasteiger partial charge in [-0.15, -0.1) is 0 Å². The minimum absolute atomic E-state index is 0.441. The maximum absolute atomic E-state index is 5.51. The van der Waals surface area contributed by atoms with Crippen molar-refractivity contribution in [2.24, 2.45) is 5.92 Å². The molecule has 2 nitrogen and oxygen atoms in total. The minimum Gasteiger partial charge on any atom is -0.493 e. The van der Waals surface area contributed by atoms with Crippen molar-refractivity contribution in [3.8, 4) is 5.75 Å². The molecule has 0 N–H and O–H groups in total. The molecule has 3 heteroatoms. The molecule has 0 bridgehead atoms. The Kier molecular flexibility index (Phi) is 4.10. The van der Waals surface area contributed by atoms with Gasteiger partial charge in [-0.05, 0) is 59.8 Å². The number of rotatable bonds is 5. The predicted molar refractivity (Wildman–Crippen MR) is 72.5 cm³/mol. The highest BCUT2D eigenvalue weighted by molar-refractivity contribution is 9.10. The monoisotopic (exact) mass is 298 g/mol. The molecular formula is C14H19BrO2. The first-order chi connectivity index (χ1) is 8.11. The van der Waals surface area contributed by atoms with Gasteiger partial charge in [-0.1, -0.05) is 13.0 Å². The number of hydrogen-bond donors (Lipinski definition) is 0. The molecule has 1 aliphatic heterocycles. The molecule has 0 radical (unpaired) electrons. The SMILES string of the molecule is CCOc1ccc(CC(C)C2OC2C)cc1Br. The second kappa shape index (κ2) is 5.40. The highest BCUT2D eigenvalue weighted by Gasteiger charge is 2.38. The Bertz CT molecular complexity index is 392. The molecule has 1 aliphatic rings. The van der Waals surface area contributed by atoms with E-state index in [0.29, 0.717) is 24.7 Å². The molecule has 0 spiro atoms. The smallest absolute Gasteiger partial charge is 0.133 e. The summed E-state index contributed by atoms with van der Waals surface area (Å²) < 4.78 is 12.0. The fraction of sp³-hybridized carbons (Fsp3) is 0.571. The van der Waals surface area contributed by atoms with Crippen molar-refractivity contribution in [3.05, 3.63) is 28.2 Å². The van der Waals surface area contributed by atoms with Crippen LogP contribution in [0.3, 0.4) is 0 Å². The van der Waals surface area contributed by atoms with E-state index in [4.69, 9.17) is 9.47 Å². The first kappa shape index (κ1) is 12.9. The molecule has 2 rings (SSSR count). The normalized spacial score (nSPS) is 24.5. The largest absolute Gasteiger partial charge is 0.493 e. The van der Waals surface area contributed by atoms with Crippen LogP contribution in [0.1, 0.15) is 26.3 Å². The van der Waals surface area contributed by atoms with Crippen LogP contribution < -0.4 is 4.74 Å². The van der Waals surface area contributed by atoms with Crippen molar-refractivity contribution >= 4 is 15.9 Å². The van der Waals surface area contributed by atoms with Crippen LogP contribution in [0.25, 0.3) is 0 Å². The summed E-state index contributed by atoms with van der Waals surface area (Å²) in [6.07, 6.45) is 1.94. The molecule has 0 aromatic heterocycles. The fourth-order valence-corrected chi connectivity index (χ4v) is 2.77. The van der Waals surface area contributed by atoms with E-state index >= 15 is 0 Å². The van der Waals surface area contributed by atoms with Crippen LogP contribution in [0.4, 0.5) is 0 Å². The Hall–Kier alpha value is -0.540. The zero-order valence-corrected chi connectivity index (χ0v) is 12.2. The zero-order valence-electron chi connectivity index (χ0n) is 10.6. The summed E-state index contributed by atoms with van der Waals surface area (Å²) in [5, 5.41) is 0. The molecule has 0 amide bonds. The lowest BCUT2D eigenvalue weighted by molar-refractivity contribution is 0.327. The summed E-state index contributed by atoms with van der Waals surface area (Å²) in [4.78, 5) is 0. The molecule has 1 heterocycles. The van der Waals surface area contributed by atoms with Gasteiger partial charge < -0.3 is 9.47 Å². The van der Waals surface area contributed by atoms with E-state index in [9.17, 15) is 0 Å². The Morgan fingerprint density at radius 2 is 2.18 bits per heavy atom. The molecule has 1 fully saturated rings. The average molecular weight is 299 g/mol. The second-order valence-electron chi connectivity index (χ2n) is 4.69. The number of benzene rings is 1. The fourth-order valence-electron chi connectivity index (χ4n) is 2.23. The van der Waals surface area contributed by atoms with E-state index in [-0.39, 0.29) is 0 Å². The van der Waals surface area contributed by atoms with Crippen LogP contribution in [0, 0.1) is 5.92 Å². The molecule has 3 unspecified atom stereocenters. The molecule has 3 atom stereocenters. The average Bonchev–Trinajstić information content (AvgIpc) is 3.00. The van der Waals surface area contributed by atoms with Crippen LogP contribution in [-0.2, 0) is 11.2 Å². The molecule has 1 saturated heterocycles. The van der Waals surface area contributed by atoms with Crippen molar-refractivity contribution in [3.63, 3.8) is 0 Å². The Labute approximate surface area is 111 Å². The van der Waals surface area contributed by atoms with E-state index < -0.39 is 0 Å². The predicted octanol–water partition coefficient (Wildman–Crippen LogP) is 3.81. The Balaban J connectivity index is 1.99. The maximum atomic E-state index is 5.51. The van der Waals surface area contributed by atoms with Crippen LogP contribution in [0.15, 0.2) is 22.7 Å². The van der Waals surface area contributed by atoms with E-state index in [1.54, 1.807) is 0 Å². The Morgan fingerprint density at radius 1 is 1.47 bits per heavy atom. The van der Waals surface area contributed by atoms with Gasteiger partial charge in [0.15, 0.2) is 0 Å². The first-order valence-corrected chi connectivity index (χ1v) is 6.97. The van der Waals surface area contributed by atoms with Gasteiger partial charge in [0.1, 0.15) is 5.75 Å². The molecule has 0 aliphatic carbocycles.